The van der Waals surface area contributed by atoms with E-state index in [1.807, 2.05) is 0 Å². The van der Waals surface area contributed by atoms with Gasteiger partial charge in [0.15, 0.2) is 5.82 Å². The first-order valence-corrected chi connectivity index (χ1v) is 7.02. The lowest BCUT2D eigenvalue weighted by atomic mass is 9.91. The normalized spacial score (nSPS) is 23.1. The molecular weight excluding hydrogens is 214 g/mol. The van der Waals surface area contributed by atoms with Crippen molar-refractivity contribution in [1.82, 2.24) is 10.1 Å². The summed E-state index contributed by atoms with van der Waals surface area (Å²) in [4.78, 5) is 4.50. The summed E-state index contributed by atoms with van der Waals surface area (Å²) in [7, 11) is 0. The van der Waals surface area contributed by atoms with Crippen molar-refractivity contribution in [3.63, 3.8) is 0 Å². The Morgan fingerprint density at radius 3 is 2.35 bits per heavy atom. The highest BCUT2D eigenvalue weighted by Gasteiger charge is 2.25. The molecule has 3 rings (SSSR count). The number of anilines is 1. The zero-order valence-electron chi connectivity index (χ0n) is 10.3. The lowest BCUT2D eigenvalue weighted by molar-refractivity contribution is 0.393. The fourth-order valence-corrected chi connectivity index (χ4v) is 2.58. The van der Waals surface area contributed by atoms with Crippen LogP contribution in [0.25, 0.3) is 0 Å². The molecule has 0 aliphatic heterocycles. The topological polar surface area (TPSA) is 51.0 Å². The van der Waals surface area contributed by atoms with Crippen molar-refractivity contribution in [3.8, 4) is 0 Å². The van der Waals surface area contributed by atoms with Gasteiger partial charge >= 0.3 is 6.01 Å². The fourth-order valence-electron chi connectivity index (χ4n) is 2.58. The van der Waals surface area contributed by atoms with Crippen LogP contribution in [0.5, 0.6) is 0 Å². The average Bonchev–Trinajstić information content (AvgIpc) is 2.96. The SMILES string of the molecule is C1CCCC(c2noc(NC3CC3)n2)CCC1. The molecule has 2 aliphatic carbocycles. The van der Waals surface area contributed by atoms with E-state index in [1.54, 1.807) is 0 Å². The summed E-state index contributed by atoms with van der Waals surface area (Å²) in [5.74, 6) is 1.45. The van der Waals surface area contributed by atoms with Gasteiger partial charge in [-0.15, -0.1) is 0 Å². The predicted octanol–water partition coefficient (Wildman–Crippen LogP) is 3.47. The van der Waals surface area contributed by atoms with Gasteiger partial charge in [-0.25, -0.2) is 0 Å². The molecule has 0 radical (unpaired) electrons. The van der Waals surface area contributed by atoms with Crippen molar-refractivity contribution < 1.29 is 4.52 Å². The molecule has 1 aromatic heterocycles. The third-order valence-corrected chi connectivity index (χ3v) is 3.82. The van der Waals surface area contributed by atoms with Crippen molar-refractivity contribution in [2.45, 2.75) is 69.7 Å². The predicted molar refractivity (Wildman–Crippen MR) is 66.0 cm³/mol. The van der Waals surface area contributed by atoms with Crippen molar-refractivity contribution in [2.75, 3.05) is 5.32 Å². The summed E-state index contributed by atoms with van der Waals surface area (Å²) >= 11 is 0. The van der Waals surface area contributed by atoms with Crippen LogP contribution in [0.1, 0.15) is 69.5 Å². The van der Waals surface area contributed by atoms with Crippen LogP contribution in [-0.4, -0.2) is 16.2 Å². The summed E-state index contributed by atoms with van der Waals surface area (Å²) in [6, 6.07) is 1.21. The second-order valence-electron chi connectivity index (χ2n) is 5.42. The van der Waals surface area contributed by atoms with Gasteiger partial charge in [-0.3, -0.25) is 0 Å². The molecule has 1 N–H and O–H groups in total. The molecule has 2 aliphatic rings. The highest BCUT2D eigenvalue weighted by molar-refractivity contribution is 5.24. The van der Waals surface area contributed by atoms with Crippen LogP contribution in [0.2, 0.25) is 0 Å². The highest BCUT2D eigenvalue weighted by Crippen LogP contribution is 2.30. The minimum Gasteiger partial charge on any atom is -0.335 e. The van der Waals surface area contributed by atoms with E-state index in [2.05, 4.69) is 15.5 Å². The van der Waals surface area contributed by atoms with E-state index in [9.17, 15) is 0 Å². The standard InChI is InChI=1S/C13H21N3O/c1-2-4-6-10(7-5-3-1)12-15-13(17-16-12)14-11-8-9-11/h10-11H,1-9H2,(H,14,15,16). The fraction of sp³-hybridized carbons (Fsp3) is 0.846. The zero-order valence-corrected chi connectivity index (χ0v) is 10.3. The lowest BCUT2D eigenvalue weighted by Crippen LogP contribution is -2.05. The molecule has 0 unspecified atom stereocenters. The number of aromatic nitrogens is 2. The largest absolute Gasteiger partial charge is 0.335 e. The van der Waals surface area contributed by atoms with Crippen molar-refractivity contribution in [3.05, 3.63) is 5.82 Å². The van der Waals surface area contributed by atoms with Crippen LogP contribution >= 0.6 is 0 Å². The molecule has 0 bridgehead atoms. The van der Waals surface area contributed by atoms with Gasteiger partial charge in [-0.1, -0.05) is 37.3 Å². The second-order valence-corrected chi connectivity index (χ2v) is 5.42. The first-order chi connectivity index (χ1) is 8.42. The van der Waals surface area contributed by atoms with Crippen molar-refractivity contribution in [1.29, 1.82) is 0 Å². The summed E-state index contributed by atoms with van der Waals surface area (Å²) in [6.07, 6.45) is 11.7. The Balaban J connectivity index is 1.62. The van der Waals surface area contributed by atoms with Crippen LogP contribution in [0.4, 0.5) is 6.01 Å². The molecule has 0 aromatic carbocycles. The number of nitrogens with one attached hydrogen (secondary N) is 1. The number of hydrogen-bond donors (Lipinski definition) is 1. The molecule has 17 heavy (non-hydrogen) atoms. The first kappa shape index (κ1) is 11.1. The molecule has 0 spiro atoms. The highest BCUT2D eigenvalue weighted by atomic mass is 16.5. The molecule has 0 atom stereocenters. The Labute approximate surface area is 102 Å². The number of rotatable bonds is 3. The third-order valence-electron chi connectivity index (χ3n) is 3.82. The number of hydrogen-bond acceptors (Lipinski definition) is 4. The third kappa shape index (κ3) is 2.99. The lowest BCUT2D eigenvalue weighted by Gasteiger charge is -2.15. The average molecular weight is 235 g/mol. The minimum atomic E-state index is 0.522. The molecule has 4 nitrogen and oxygen atoms in total. The van der Waals surface area contributed by atoms with Crippen LogP contribution in [0.3, 0.4) is 0 Å². The van der Waals surface area contributed by atoms with E-state index >= 15 is 0 Å². The maximum absolute atomic E-state index is 5.27. The molecule has 2 fully saturated rings. The second kappa shape index (κ2) is 5.07. The van der Waals surface area contributed by atoms with E-state index in [4.69, 9.17) is 4.52 Å². The van der Waals surface area contributed by atoms with Crippen LogP contribution in [0.15, 0.2) is 4.52 Å². The van der Waals surface area contributed by atoms with E-state index in [0.29, 0.717) is 18.0 Å². The molecule has 0 amide bonds. The van der Waals surface area contributed by atoms with Gasteiger partial charge in [-0.2, -0.15) is 4.98 Å². The maximum atomic E-state index is 5.27. The van der Waals surface area contributed by atoms with E-state index < -0.39 is 0 Å². The van der Waals surface area contributed by atoms with E-state index in [-0.39, 0.29) is 0 Å². The summed E-state index contributed by atoms with van der Waals surface area (Å²) in [5.41, 5.74) is 0. The Bertz CT molecular complexity index is 351. The molecule has 4 heteroatoms. The van der Waals surface area contributed by atoms with E-state index in [0.717, 1.165) is 5.82 Å². The Morgan fingerprint density at radius 1 is 0.941 bits per heavy atom. The molecule has 1 heterocycles. The molecular formula is C13H21N3O. The quantitative estimate of drug-likeness (QED) is 0.871. The van der Waals surface area contributed by atoms with Gasteiger partial charge in [0.2, 0.25) is 0 Å². The molecule has 94 valence electrons. The minimum absolute atomic E-state index is 0.522. The summed E-state index contributed by atoms with van der Waals surface area (Å²) in [5, 5.41) is 7.41. The Kier molecular flexibility index (Phi) is 3.29. The van der Waals surface area contributed by atoms with Gasteiger partial charge in [-0.05, 0) is 25.7 Å². The first-order valence-electron chi connectivity index (χ1n) is 7.02. The summed E-state index contributed by atoms with van der Waals surface area (Å²) in [6.45, 7) is 0. The Hall–Kier alpha value is -1.06. The molecule has 0 saturated heterocycles. The van der Waals surface area contributed by atoms with Gasteiger partial charge in [0.25, 0.3) is 0 Å². The van der Waals surface area contributed by atoms with Crippen LogP contribution in [0, 0.1) is 0 Å². The number of nitrogens with zero attached hydrogens (tertiary/aromatic N) is 2. The molecule has 2 saturated carbocycles. The monoisotopic (exact) mass is 235 g/mol. The van der Waals surface area contributed by atoms with Gasteiger partial charge in [0.05, 0.1) is 0 Å². The van der Waals surface area contributed by atoms with Gasteiger partial charge < -0.3 is 9.84 Å². The van der Waals surface area contributed by atoms with Crippen LogP contribution in [-0.2, 0) is 0 Å². The van der Waals surface area contributed by atoms with Crippen molar-refractivity contribution >= 4 is 6.01 Å². The van der Waals surface area contributed by atoms with Gasteiger partial charge in [0, 0.05) is 12.0 Å². The summed E-state index contributed by atoms with van der Waals surface area (Å²) < 4.78 is 5.27. The van der Waals surface area contributed by atoms with Gasteiger partial charge in [0.1, 0.15) is 0 Å². The molecule has 1 aromatic rings. The maximum Gasteiger partial charge on any atom is 0.321 e. The van der Waals surface area contributed by atoms with Crippen molar-refractivity contribution in [2.24, 2.45) is 0 Å². The van der Waals surface area contributed by atoms with E-state index in [1.165, 1.54) is 57.8 Å². The smallest absolute Gasteiger partial charge is 0.321 e. The Morgan fingerprint density at radius 2 is 1.65 bits per heavy atom. The zero-order chi connectivity index (χ0) is 11.5. The van der Waals surface area contributed by atoms with Crippen LogP contribution < -0.4 is 5.32 Å².